The summed E-state index contributed by atoms with van der Waals surface area (Å²) < 4.78 is 53.5. The highest BCUT2D eigenvalue weighted by molar-refractivity contribution is 14.1. The third-order valence-electron chi connectivity index (χ3n) is 16.2. The number of Topliss-reactive ketones (excluding diaryl/α,β-unsaturated/α-hetero) is 2. The van der Waals surface area contributed by atoms with Gasteiger partial charge in [0.05, 0.1) is 121 Å². The largest absolute Gasteiger partial charge is 0.493 e. The van der Waals surface area contributed by atoms with E-state index in [1.165, 1.54) is 12.2 Å². The molecule has 472 valence electrons. The van der Waals surface area contributed by atoms with Gasteiger partial charge in [-0.3, -0.25) is 19.2 Å². The van der Waals surface area contributed by atoms with Gasteiger partial charge in [-0.15, -0.1) is 0 Å². The monoisotopic (exact) mass is 1330 g/mol. The lowest BCUT2D eigenvalue weighted by atomic mass is 9.98. The van der Waals surface area contributed by atoms with Crippen LogP contribution in [0.5, 0.6) is 51.7 Å². The van der Waals surface area contributed by atoms with Crippen molar-refractivity contribution in [1.29, 1.82) is 0 Å². The predicted octanol–water partition coefficient (Wildman–Crippen LogP) is 12.0. The molecule has 3 saturated carbocycles. The van der Waals surface area contributed by atoms with Gasteiger partial charge in [0, 0.05) is 72.7 Å². The van der Waals surface area contributed by atoms with E-state index in [9.17, 15) is 14.4 Å². The number of benzene rings is 3. The highest BCUT2D eigenvalue weighted by Gasteiger charge is 2.48. The summed E-state index contributed by atoms with van der Waals surface area (Å²) in [7, 11) is 21.1. The minimum Gasteiger partial charge on any atom is -0.493 e. The molecule has 1 N–H and O–H groups in total. The Morgan fingerprint density at radius 2 is 0.843 bits per heavy atom. The van der Waals surface area contributed by atoms with Crippen LogP contribution in [0, 0.1) is 19.8 Å². The standard InChI is InChI=1S/C21H23N3O4.C20H21N3O4.C16H16IN3O3.C7H13NO2.CH4/c1-21(6-7-21)19(25)13-11-24(2)20-17(13)23-14(10-22-20)12-8-15(26-3)18(28-5)16(9-12)27-4;1-20(5-6-20)18(24)12-9-21-19-16(12)23-13(10-22-19)11-7-14(25-2)17(27-4)15(8-11)26-3;1-20-8-10(17)14-16(20)18-7-11(19-14)9-5-12(21-2)15(23-4)13(6-9)22-3;1-7(4-5-7)6(9)8(2)10-3;/h8-11H,6-7H2,1-5H3;7-10H,5-6H2,1-4H3,(H,21,22);5-8H,1-4H3;4-5H2,1-3H3;1H4. The van der Waals surface area contributed by atoms with Gasteiger partial charge >= 0.3 is 0 Å². The summed E-state index contributed by atoms with van der Waals surface area (Å²) in [5.74, 6) is 5.24. The quantitative estimate of drug-likeness (QED) is 0.0476. The molecule has 3 fully saturated rings. The third kappa shape index (κ3) is 13.3. The van der Waals surface area contributed by atoms with Gasteiger partial charge in [0.1, 0.15) is 16.6 Å². The maximum atomic E-state index is 13.0. The second-order valence-electron chi connectivity index (χ2n) is 22.3. The Balaban J connectivity index is 0.000000160. The van der Waals surface area contributed by atoms with Crippen molar-refractivity contribution < 1.29 is 61.9 Å². The summed E-state index contributed by atoms with van der Waals surface area (Å²) in [6.07, 6.45) is 16.3. The molecule has 3 aliphatic rings. The first-order valence-electron chi connectivity index (χ1n) is 28.1. The highest BCUT2D eigenvalue weighted by atomic mass is 127. The Bertz CT molecular complexity index is 4030. The Morgan fingerprint density at radius 1 is 0.494 bits per heavy atom. The van der Waals surface area contributed by atoms with Crippen LogP contribution >= 0.6 is 22.6 Å². The fraction of sp³-hybridized carbons (Fsp3) is 0.400. The molecule has 3 aliphatic carbocycles. The smallest absolute Gasteiger partial charge is 0.251 e. The van der Waals surface area contributed by atoms with Gasteiger partial charge in [-0.1, -0.05) is 28.2 Å². The summed E-state index contributed by atoms with van der Waals surface area (Å²) in [4.78, 5) is 72.5. The van der Waals surface area contributed by atoms with Gasteiger partial charge in [0.15, 0.2) is 63.0 Å². The van der Waals surface area contributed by atoms with Crippen LogP contribution in [0.1, 0.15) is 87.4 Å². The number of amides is 1. The third-order valence-corrected chi connectivity index (χ3v) is 17.0. The van der Waals surface area contributed by atoms with Crippen molar-refractivity contribution >= 4 is 73.6 Å². The number of fused-ring (bicyclic) bond motifs is 3. The number of carbonyl (C=O) groups excluding carboxylic acids is 3. The number of nitrogens with zero attached hydrogens (tertiary/aromatic N) is 9. The van der Waals surface area contributed by atoms with Crippen molar-refractivity contribution in [1.82, 2.24) is 49.1 Å². The van der Waals surface area contributed by atoms with Crippen molar-refractivity contribution in [3.05, 3.63) is 88.3 Å². The molecule has 89 heavy (non-hydrogen) atoms. The van der Waals surface area contributed by atoms with Crippen molar-refractivity contribution in [3.8, 4) is 85.5 Å². The van der Waals surface area contributed by atoms with Crippen LogP contribution < -0.4 is 42.6 Å². The van der Waals surface area contributed by atoms with E-state index in [-0.39, 0.29) is 41.1 Å². The van der Waals surface area contributed by atoms with E-state index in [0.717, 1.165) is 75.6 Å². The zero-order valence-corrected chi connectivity index (χ0v) is 54.5. The van der Waals surface area contributed by atoms with Crippen molar-refractivity contribution in [3.63, 3.8) is 0 Å². The SMILES string of the molecule is C.CON(C)C(=O)C1(C)CC1.COc1cc(-c2cnc3[nH]cc(C(=O)C4(C)CC4)c3n2)cc(OC)c1OC.COc1cc(-c2cnc3c(n2)c(C(=O)C2(C)CC2)cn3C)cc(OC)c1OC.COc1cc(-c2cnc3c(n2)c(I)cn3C)cc(OC)c1OC. The number of ether oxygens (including phenoxy) is 9. The lowest BCUT2D eigenvalue weighted by molar-refractivity contribution is -0.174. The Labute approximate surface area is 530 Å². The van der Waals surface area contributed by atoms with Crippen LogP contribution in [0.3, 0.4) is 0 Å². The molecule has 9 aromatic rings. The fourth-order valence-electron chi connectivity index (χ4n) is 9.91. The van der Waals surface area contributed by atoms with Crippen molar-refractivity contribution in [2.75, 3.05) is 78.1 Å². The fourth-order valence-corrected chi connectivity index (χ4v) is 10.7. The van der Waals surface area contributed by atoms with Gasteiger partial charge < -0.3 is 56.7 Å². The Kier molecular flexibility index (Phi) is 20.0. The molecule has 6 heterocycles. The molecular weight excluding hydrogens is 1260 g/mol. The van der Waals surface area contributed by atoms with Gasteiger partial charge in [0.25, 0.3) is 5.91 Å². The molecule has 0 unspecified atom stereocenters. The number of aromatic nitrogens is 9. The zero-order valence-electron chi connectivity index (χ0n) is 52.4. The Hall–Kier alpha value is -8.78. The normalized spacial score (nSPS) is 14.2. The molecule has 6 aromatic heterocycles. The van der Waals surface area contributed by atoms with Crippen molar-refractivity contribution in [2.45, 2.75) is 66.7 Å². The molecule has 12 rings (SSSR count). The van der Waals surface area contributed by atoms with E-state index >= 15 is 0 Å². The topological polar surface area (TPSA) is 250 Å². The predicted molar refractivity (Wildman–Crippen MR) is 346 cm³/mol. The number of hydrogen-bond donors (Lipinski definition) is 1. The number of rotatable bonds is 18. The van der Waals surface area contributed by atoms with Gasteiger partial charge in [-0.25, -0.2) is 35.0 Å². The maximum Gasteiger partial charge on any atom is 0.251 e. The van der Waals surface area contributed by atoms with E-state index in [4.69, 9.17) is 62.4 Å². The molecule has 0 aliphatic heterocycles. The number of nitrogens with one attached hydrogen (secondary N) is 1. The first-order chi connectivity index (χ1) is 42.1. The molecule has 0 bridgehead atoms. The molecular formula is C65H77IN10O13. The molecule has 0 saturated heterocycles. The molecule has 3 aromatic carbocycles. The summed E-state index contributed by atoms with van der Waals surface area (Å²) >= 11 is 2.26. The average Bonchev–Trinajstić information content (AvgIpc) is 1.70. The van der Waals surface area contributed by atoms with Crippen LogP contribution in [0.4, 0.5) is 0 Å². The number of aryl methyl sites for hydroxylation is 2. The van der Waals surface area contributed by atoms with E-state index in [1.807, 2.05) is 92.8 Å². The lowest BCUT2D eigenvalue weighted by Gasteiger charge is -2.17. The number of H-pyrrole nitrogens is 1. The summed E-state index contributed by atoms with van der Waals surface area (Å²) in [5.41, 5.74) is 9.17. The van der Waals surface area contributed by atoms with Gasteiger partial charge in [-0.2, -0.15) is 0 Å². The minimum atomic E-state index is -0.265. The van der Waals surface area contributed by atoms with Crippen LogP contribution in [0.25, 0.3) is 67.3 Å². The number of hydrogen-bond acceptors (Lipinski definition) is 19. The number of ketones is 2. The molecule has 23 nitrogen and oxygen atoms in total. The summed E-state index contributed by atoms with van der Waals surface area (Å²) in [6, 6.07) is 11.0. The maximum absolute atomic E-state index is 13.0. The van der Waals surface area contributed by atoms with Crippen LogP contribution in [0.2, 0.25) is 0 Å². The highest BCUT2D eigenvalue weighted by Crippen LogP contribution is 2.50. The summed E-state index contributed by atoms with van der Waals surface area (Å²) in [5, 5.41) is 1.30. The number of hydroxylamine groups is 2. The second kappa shape index (κ2) is 26.9. The molecule has 24 heteroatoms. The second-order valence-corrected chi connectivity index (χ2v) is 23.5. The summed E-state index contributed by atoms with van der Waals surface area (Å²) in [6.45, 7) is 5.96. The number of carbonyl (C=O) groups is 3. The van der Waals surface area contributed by atoms with E-state index in [0.29, 0.717) is 96.6 Å². The van der Waals surface area contributed by atoms with Crippen LogP contribution in [0.15, 0.2) is 73.6 Å². The molecule has 0 spiro atoms. The first-order valence-corrected chi connectivity index (χ1v) is 29.2. The minimum absolute atomic E-state index is 0. The zero-order chi connectivity index (χ0) is 63.6. The first kappa shape index (κ1) is 66.2. The lowest BCUT2D eigenvalue weighted by Crippen LogP contribution is -2.31. The van der Waals surface area contributed by atoms with Gasteiger partial charge in [-0.05, 0) is 97.5 Å². The van der Waals surface area contributed by atoms with E-state index in [2.05, 4.69) is 42.5 Å². The van der Waals surface area contributed by atoms with Crippen LogP contribution in [-0.4, -0.2) is 145 Å². The van der Waals surface area contributed by atoms with Gasteiger partial charge in [0.2, 0.25) is 17.2 Å². The van der Waals surface area contributed by atoms with E-state index < -0.39 is 0 Å². The molecule has 1 amide bonds. The van der Waals surface area contributed by atoms with Crippen LogP contribution in [-0.2, 0) is 23.7 Å². The van der Waals surface area contributed by atoms with Crippen molar-refractivity contribution in [2.24, 2.45) is 30.3 Å². The molecule has 0 atom stereocenters. The Morgan fingerprint density at radius 3 is 1.21 bits per heavy atom. The average molecular weight is 1330 g/mol. The number of methoxy groups -OCH3 is 9. The van der Waals surface area contributed by atoms with E-state index in [1.54, 1.807) is 95.8 Å². The number of halogens is 1. The number of aromatic amines is 1. The molecule has 0 radical (unpaired) electrons.